The number of aromatic amines is 1. The Morgan fingerprint density at radius 2 is 2.00 bits per heavy atom. The third kappa shape index (κ3) is 4.16. The van der Waals surface area contributed by atoms with E-state index in [2.05, 4.69) is 10.3 Å². The summed E-state index contributed by atoms with van der Waals surface area (Å²) in [7, 11) is 3.17. The number of aryl methyl sites for hydroxylation is 1. The highest BCUT2D eigenvalue weighted by atomic mass is 16.5. The number of carbonyl (C=O) groups excluding carboxylic acids is 1. The number of carbonyl (C=O) groups is 1. The summed E-state index contributed by atoms with van der Waals surface area (Å²) < 4.78 is 10.6. The Morgan fingerprint density at radius 3 is 2.67 bits per heavy atom. The normalized spacial score (nSPS) is 10.3. The van der Waals surface area contributed by atoms with E-state index in [0.717, 1.165) is 11.3 Å². The molecular formula is C18H22N2O4. The number of rotatable bonds is 7. The van der Waals surface area contributed by atoms with Gasteiger partial charge in [0.1, 0.15) is 0 Å². The first-order valence-electron chi connectivity index (χ1n) is 7.80. The zero-order valence-electron chi connectivity index (χ0n) is 14.1. The van der Waals surface area contributed by atoms with Crippen LogP contribution in [0, 0.1) is 0 Å². The van der Waals surface area contributed by atoms with Gasteiger partial charge in [-0.15, -0.1) is 0 Å². The molecule has 0 aliphatic rings. The summed E-state index contributed by atoms with van der Waals surface area (Å²) in [5.74, 6) is 1.06. The van der Waals surface area contributed by atoms with Crippen molar-refractivity contribution in [2.24, 2.45) is 0 Å². The number of nitrogens with one attached hydrogen (secondary N) is 2. The lowest BCUT2D eigenvalue weighted by atomic mass is 10.1. The maximum atomic E-state index is 12.2. The van der Waals surface area contributed by atoms with Crippen molar-refractivity contribution in [2.75, 3.05) is 20.8 Å². The van der Waals surface area contributed by atoms with Crippen molar-refractivity contribution in [3.8, 4) is 11.5 Å². The van der Waals surface area contributed by atoms with Crippen LogP contribution in [0.2, 0.25) is 0 Å². The number of H-pyrrole nitrogens is 1. The van der Waals surface area contributed by atoms with Crippen molar-refractivity contribution in [2.45, 2.75) is 19.8 Å². The van der Waals surface area contributed by atoms with Crippen LogP contribution in [-0.2, 0) is 12.8 Å². The quantitative estimate of drug-likeness (QED) is 0.813. The van der Waals surface area contributed by atoms with Crippen LogP contribution in [-0.4, -0.2) is 31.7 Å². The Hall–Kier alpha value is -2.76. The summed E-state index contributed by atoms with van der Waals surface area (Å²) in [4.78, 5) is 26.5. The summed E-state index contributed by atoms with van der Waals surface area (Å²) in [6.07, 6.45) is 1.26. The zero-order chi connectivity index (χ0) is 17.5. The minimum Gasteiger partial charge on any atom is -0.493 e. The molecule has 1 amide bonds. The van der Waals surface area contributed by atoms with Crippen LogP contribution in [0.25, 0.3) is 0 Å². The molecule has 128 valence electrons. The van der Waals surface area contributed by atoms with Crippen molar-refractivity contribution in [1.29, 1.82) is 0 Å². The number of aromatic nitrogens is 1. The average molecular weight is 330 g/mol. The van der Waals surface area contributed by atoms with E-state index < -0.39 is 0 Å². The lowest BCUT2D eigenvalue weighted by Crippen LogP contribution is -2.27. The van der Waals surface area contributed by atoms with Gasteiger partial charge in [-0.05, 0) is 30.5 Å². The molecule has 0 unspecified atom stereocenters. The summed E-state index contributed by atoms with van der Waals surface area (Å²) >= 11 is 0. The second-order valence-corrected chi connectivity index (χ2v) is 5.27. The highest BCUT2D eigenvalue weighted by molar-refractivity contribution is 5.94. The third-order valence-electron chi connectivity index (χ3n) is 3.71. The molecule has 0 fully saturated rings. The number of methoxy groups -OCH3 is 2. The van der Waals surface area contributed by atoms with Crippen LogP contribution in [0.3, 0.4) is 0 Å². The predicted octanol–water partition coefficient (Wildman–Crippen LogP) is 1.93. The SMILES string of the molecule is CCc1cc(C(=O)NCCc2cccc(OC)c2OC)cc(=O)[nH]1. The van der Waals surface area contributed by atoms with Crippen LogP contribution in [0.15, 0.2) is 35.1 Å². The molecule has 0 aliphatic heterocycles. The van der Waals surface area contributed by atoms with Crippen molar-refractivity contribution in [3.63, 3.8) is 0 Å². The predicted molar refractivity (Wildman–Crippen MR) is 92.0 cm³/mol. The van der Waals surface area contributed by atoms with Gasteiger partial charge in [0, 0.05) is 23.9 Å². The molecule has 2 aromatic rings. The van der Waals surface area contributed by atoms with Crippen LogP contribution in [0.5, 0.6) is 11.5 Å². The molecule has 1 aromatic carbocycles. The summed E-state index contributed by atoms with van der Waals surface area (Å²) in [6, 6.07) is 8.63. The molecule has 0 spiro atoms. The minimum absolute atomic E-state index is 0.266. The molecule has 1 aromatic heterocycles. The molecule has 0 bridgehead atoms. The van der Waals surface area contributed by atoms with Gasteiger partial charge in [-0.3, -0.25) is 9.59 Å². The molecule has 6 nitrogen and oxygen atoms in total. The molecule has 0 saturated heterocycles. The van der Waals surface area contributed by atoms with Crippen LogP contribution < -0.4 is 20.3 Å². The van der Waals surface area contributed by atoms with Gasteiger partial charge in [-0.2, -0.15) is 0 Å². The van der Waals surface area contributed by atoms with Gasteiger partial charge >= 0.3 is 0 Å². The molecule has 0 aliphatic carbocycles. The molecule has 2 N–H and O–H groups in total. The summed E-state index contributed by atoms with van der Waals surface area (Å²) in [5.41, 5.74) is 1.78. The van der Waals surface area contributed by atoms with Gasteiger partial charge < -0.3 is 19.8 Å². The van der Waals surface area contributed by atoms with Gasteiger partial charge in [-0.1, -0.05) is 19.1 Å². The Kier molecular flexibility index (Phi) is 6.01. The minimum atomic E-state index is -0.269. The van der Waals surface area contributed by atoms with E-state index in [4.69, 9.17) is 9.47 Å². The number of benzene rings is 1. The van der Waals surface area contributed by atoms with Gasteiger partial charge in [0.25, 0.3) is 5.91 Å². The molecule has 2 rings (SSSR count). The largest absolute Gasteiger partial charge is 0.493 e. The first kappa shape index (κ1) is 17.6. The van der Waals surface area contributed by atoms with Gasteiger partial charge in [-0.25, -0.2) is 0 Å². The van der Waals surface area contributed by atoms with Crippen LogP contribution >= 0.6 is 0 Å². The Bertz CT molecular complexity index is 768. The lowest BCUT2D eigenvalue weighted by molar-refractivity contribution is 0.0953. The Morgan fingerprint density at radius 1 is 1.21 bits per heavy atom. The van der Waals surface area contributed by atoms with Crippen molar-refractivity contribution < 1.29 is 14.3 Å². The fourth-order valence-corrected chi connectivity index (χ4v) is 2.49. The molecule has 0 atom stereocenters. The van der Waals surface area contributed by atoms with E-state index in [1.165, 1.54) is 6.07 Å². The highest BCUT2D eigenvalue weighted by Gasteiger charge is 2.11. The van der Waals surface area contributed by atoms with E-state index in [9.17, 15) is 9.59 Å². The number of ether oxygens (including phenoxy) is 2. The molecule has 6 heteroatoms. The second-order valence-electron chi connectivity index (χ2n) is 5.27. The van der Waals surface area contributed by atoms with Crippen molar-refractivity contribution in [3.05, 3.63) is 57.5 Å². The fourth-order valence-electron chi connectivity index (χ4n) is 2.49. The first-order chi connectivity index (χ1) is 11.6. The number of amides is 1. The Labute approximate surface area is 140 Å². The highest BCUT2D eigenvalue weighted by Crippen LogP contribution is 2.30. The number of para-hydroxylation sites is 1. The van der Waals surface area contributed by atoms with E-state index in [-0.39, 0.29) is 11.5 Å². The molecule has 0 saturated carbocycles. The van der Waals surface area contributed by atoms with E-state index in [1.54, 1.807) is 20.3 Å². The van der Waals surface area contributed by atoms with E-state index in [1.807, 2.05) is 25.1 Å². The lowest BCUT2D eigenvalue weighted by Gasteiger charge is -2.13. The molecule has 24 heavy (non-hydrogen) atoms. The number of pyridine rings is 1. The standard InChI is InChI=1S/C18H22N2O4/c1-4-14-10-13(11-16(21)20-14)18(22)19-9-8-12-6-5-7-15(23-2)17(12)24-3/h5-7,10-11H,4,8-9H2,1-3H3,(H,19,22)(H,20,21). The van der Waals surface area contributed by atoms with Gasteiger partial charge in [0.2, 0.25) is 5.56 Å². The van der Waals surface area contributed by atoms with E-state index >= 15 is 0 Å². The molecule has 0 radical (unpaired) electrons. The van der Waals surface area contributed by atoms with Crippen molar-refractivity contribution in [1.82, 2.24) is 10.3 Å². The number of hydrogen-bond donors (Lipinski definition) is 2. The first-order valence-corrected chi connectivity index (χ1v) is 7.80. The maximum absolute atomic E-state index is 12.2. The van der Waals surface area contributed by atoms with Gasteiger partial charge in [0.05, 0.1) is 14.2 Å². The summed E-state index contributed by atoms with van der Waals surface area (Å²) in [6.45, 7) is 2.35. The monoisotopic (exact) mass is 330 g/mol. The van der Waals surface area contributed by atoms with Gasteiger partial charge in [0.15, 0.2) is 11.5 Å². The molecule has 1 heterocycles. The zero-order valence-corrected chi connectivity index (χ0v) is 14.1. The van der Waals surface area contributed by atoms with Crippen LogP contribution in [0.1, 0.15) is 28.5 Å². The second kappa shape index (κ2) is 8.19. The maximum Gasteiger partial charge on any atom is 0.251 e. The third-order valence-corrected chi connectivity index (χ3v) is 3.71. The summed E-state index contributed by atoms with van der Waals surface area (Å²) in [5, 5.41) is 2.83. The topological polar surface area (TPSA) is 80.4 Å². The molecular weight excluding hydrogens is 308 g/mol. The van der Waals surface area contributed by atoms with Crippen LogP contribution in [0.4, 0.5) is 0 Å². The average Bonchev–Trinajstić information content (AvgIpc) is 2.60. The van der Waals surface area contributed by atoms with E-state index in [0.29, 0.717) is 36.4 Å². The Balaban J connectivity index is 2.03. The fraction of sp³-hybridized carbons (Fsp3) is 0.333. The smallest absolute Gasteiger partial charge is 0.251 e. The van der Waals surface area contributed by atoms with Crippen molar-refractivity contribution >= 4 is 5.91 Å². The number of hydrogen-bond acceptors (Lipinski definition) is 4.